The molecule has 1 atom stereocenters. The molecule has 0 bridgehead atoms. The average Bonchev–Trinajstić information content (AvgIpc) is 3.17. The fourth-order valence-electron chi connectivity index (χ4n) is 2.06. The van der Waals surface area contributed by atoms with Crippen molar-refractivity contribution in [3.8, 4) is 0 Å². The summed E-state index contributed by atoms with van der Waals surface area (Å²) in [6.07, 6.45) is 4.97. The van der Waals surface area contributed by atoms with Crippen LogP contribution in [0.15, 0.2) is 53.5 Å². The standard InChI is InChI=1S/C15H15BrN6O/c1-11(22-9-13(16)7-18-22)14(23)19-15-17-10-21(20-15)8-12-5-3-2-4-6-12/h2-7,9-11H,8H2,1H3,(H,19,20,23). The molecule has 1 N–H and O–H groups in total. The van der Waals surface area contributed by atoms with E-state index >= 15 is 0 Å². The van der Waals surface area contributed by atoms with Crippen LogP contribution in [0, 0.1) is 0 Å². The Bertz CT molecular complexity index is 797. The largest absolute Gasteiger partial charge is 0.291 e. The van der Waals surface area contributed by atoms with Crippen molar-refractivity contribution in [2.24, 2.45) is 0 Å². The first kappa shape index (κ1) is 15.4. The summed E-state index contributed by atoms with van der Waals surface area (Å²) in [5.41, 5.74) is 1.12. The van der Waals surface area contributed by atoms with Crippen LogP contribution in [0.1, 0.15) is 18.5 Å². The Kier molecular flexibility index (Phi) is 4.52. The fraction of sp³-hybridized carbons (Fsp3) is 0.200. The maximum absolute atomic E-state index is 12.2. The molecular weight excluding hydrogens is 360 g/mol. The quantitative estimate of drug-likeness (QED) is 0.743. The van der Waals surface area contributed by atoms with Crippen molar-refractivity contribution in [1.82, 2.24) is 24.5 Å². The molecular formula is C15H15BrN6O. The van der Waals surface area contributed by atoms with E-state index in [0.717, 1.165) is 10.0 Å². The summed E-state index contributed by atoms with van der Waals surface area (Å²) in [6, 6.07) is 9.47. The lowest BCUT2D eigenvalue weighted by Gasteiger charge is -2.10. The first-order valence-corrected chi connectivity index (χ1v) is 7.85. The summed E-state index contributed by atoms with van der Waals surface area (Å²) < 4.78 is 4.07. The lowest BCUT2D eigenvalue weighted by Crippen LogP contribution is -2.24. The lowest BCUT2D eigenvalue weighted by atomic mass is 10.2. The summed E-state index contributed by atoms with van der Waals surface area (Å²) >= 11 is 3.31. The number of amides is 1. The van der Waals surface area contributed by atoms with Gasteiger partial charge in [-0.1, -0.05) is 30.3 Å². The molecule has 3 rings (SSSR count). The van der Waals surface area contributed by atoms with Gasteiger partial charge in [0.25, 0.3) is 5.91 Å². The predicted octanol–water partition coefficient (Wildman–Crippen LogP) is 2.49. The third-order valence-electron chi connectivity index (χ3n) is 3.31. The van der Waals surface area contributed by atoms with Gasteiger partial charge in [0.15, 0.2) is 0 Å². The van der Waals surface area contributed by atoms with Crippen molar-refractivity contribution < 1.29 is 4.79 Å². The molecule has 0 saturated carbocycles. The second kappa shape index (κ2) is 6.74. The van der Waals surface area contributed by atoms with E-state index < -0.39 is 6.04 Å². The van der Waals surface area contributed by atoms with Gasteiger partial charge in [-0.3, -0.25) is 14.8 Å². The zero-order valence-electron chi connectivity index (χ0n) is 12.4. The minimum absolute atomic E-state index is 0.224. The number of halogens is 1. The molecule has 23 heavy (non-hydrogen) atoms. The van der Waals surface area contributed by atoms with Crippen molar-refractivity contribution in [3.63, 3.8) is 0 Å². The van der Waals surface area contributed by atoms with E-state index in [-0.39, 0.29) is 11.9 Å². The highest BCUT2D eigenvalue weighted by Gasteiger charge is 2.17. The second-order valence-electron chi connectivity index (χ2n) is 5.06. The third-order valence-corrected chi connectivity index (χ3v) is 3.71. The van der Waals surface area contributed by atoms with Crippen LogP contribution in [-0.2, 0) is 11.3 Å². The van der Waals surface area contributed by atoms with Gasteiger partial charge in [-0.05, 0) is 28.4 Å². The number of carbonyl (C=O) groups excluding carboxylic acids is 1. The van der Waals surface area contributed by atoms with Crippen LogP contribution in [0.3, 0.4) is 0 Å². The Hall–Kier alpha value is -2.48. The highest BCUT2D eigenvalue weighted by Crippen LogP contribution is 2.13. The SMILES string of the molecule is CC(C(=O)Nc1ncn(Cc2ccccc2)n1)n1cc(Br)cn1. The van der Waals surface area contributed by atoms with E-state index in [1.807, 2.05) is 30.3 Å². The molecule has 8 heteroatoms. The highest BCUT2D eigenvalue weighted by molar-refractivity contribution is 9.10. The summed E-state index contributed by atoms with van der Waals surface area (Å²) in [6.45, 7) is 2.36. The number of aromatic nitrogens is 5. The molecule has 0 spiro atoms. The molecule has 0 aliphatic heterocycles. The van der Waals surface area contributed by atoms with Crippen LogP contribution in [-0.4, -0.2) is 30.5 Å². The minimum Gasteiger partial charge on any atom is -0.291 e. The van der Waals surface area contributed by atoms with E-state index in [0.29, 0.717) is 6.54 Å². The highest BCUT2D eigenvalue weighted by atomic mass is 79.9. The second-order valence-corrected chi connectivity index (χ2v) is 5.97. The summed E-state index contributed by atoms with van der Waals surface area (Å²) in [5.74, 6) is 0.0575. The Morgan fingerprint density at radius 2 is 2.13 bits per heavy atom. The van der Waals surface area contributed by atoms with Crippen molar-refractivity contribution in [1.29, 1.82) is 0 Å². The van der Waals surface area contributed by atoms with Crippen molar-refractivity contribution in [2.75, 3.05) is 5.32 Å². The normalized spacial score (nSPS) is 12.1. The number of nitrogens with zero attached hydrogens (tertiary/aromatic N) is 5. The molecule has 0 fully saturated rings. The summed E-state index contributed by atoms with van der Waals surface area (Å²) in [4.78, 5) is 16.3. The van der Waals surface area contributed by atoms with Crippen molar-refractivity contribution in [2.45, 2.75) is 19.5 Å². The Morgan fingerprint density at radius 1 is 1.35 bits per heavy atom. The van der Waals surface area contributed by atoms with Crippen molar-refractivity contribution >= 4 is 27.8 Å². The number of hydrogen-bond acceptors (Lipinski definition) is 4. The zero-order chi connectivity index (χ0) is 16.2. The molecule has 1 unspecified atom stereocenters. The van der Waals surface area contributed by atoms with Crippen LogP contribution >= 0.6 is 15.9 Å². The van der Waals surface area contributed by atoms with E-state index in [1.54, 1.807) is 35.0 Å². The van der Waals surface area contributed by atoms with Gasteiger partial charge in [0.2, 0.25) is 5.95 Å². The van der Waals surface area contributed by atoms with Crippen LogP contribution in [0.2, 0.25) is 0 Å². The summed E-state index contributed by atoms with van der Waals surface area (Å²) in [5, 5.41) is 11.1. The molecule has 0 aliphatic carbocycles. The molecule has 2 aromatic heterocycles. The number of rotatable bonds is 5. The maximum Gasteiger partial charge on any atom is 0.251 e. The molecule has 7 nitrogen and oxygen atoms in total. The van der Waals surface area contributed by atoms with Gasteiger partial charge in [-0.2, -0.15) is 5.10 Å². The van der Waals surface area contributed by atoms with Gasteiger partial charge in [-0.25, -0.2) is 9.67 Å². The number of carbonyl (C=O) groups is 1. The monoisotopic (exact) mass is 374 g/mol. The lowest BCUT2D eigenvalue weighted by molar-refractivity contribution is -0.119. The molecule has 0 aliphatic rings. The van der Waals surface area contributed by atoms with Crippen LogP contribution in [0.4, 0.5) is 5.95 Å². The first-order valence-electron chi connectivity index (χ1n) is 7.06. The first-order chi connectivity index (χ1) is 11.1. The Balaban J connectivity index is 1.63. The number of benzene rings is 1. The van der Waals surface area contributed by atoms with Gasteiger partial charge in [-0.15, -0.1) is 5.10 Å². The van der Waals surface area contributed by atoms with Gasteiger partial charge in [0, 0.05) is 6.20 Å². The molecule has 1 amide bonds. The zero-order valence-corrected chi connectivity index (χ0v) is 14.0. The Morgan fingerprint density at radius 3 is 2.83 bits per heavy atom. The molecule has 0 saturated heterocycles. The molecule has 0 radical (unpaired) electrons. The topological polar surface area (TPSA) is 77.6 Å². The van der Waals surface area contributed by atoms with Gasteiger partial charge in [0.05, 0.1) is 17.2 Å². The van der Waals surface area contributed by atoms with Gasteiger partial charge >= 0.3 is 0 Å². The molecule has 1 aromatic carbocycles. The van der Waals surface area contributed by atoms with Crippen LogP contribution < -0.4 is 5.32 Å². The van der Waals surface area contributed by atoms with E-state index in [9.17, 15) is 4.79 Å². The van der Waals surface area contributed by atoms with E-state index in [1.165, 1.54) is 0 Å². The fourth-order valence-corrected chi connectivity index (χ4v) is 2.36. The average molecular weight is 375 g/mol. The molecule has 3 aromatic rings. The number of hydrogen-bond donors (Lipinski definition) is 1. The maximum atomic E-state index is 12.2. The number of nitrogens with one attached hydrogen (secondary N) is 1. The Labute approximate surface area is 141 Å². The van der Waals surface area contributed by atoms with E-state index in [2.05, 4.69) is 36.4 Å². The van der Waals surface area contributed by atoms with Crippen LogP contribution in [0.25, 0.3) is 0 Å². The van der Waals surface area contributed by atoms with Crippen molar-refractivity contribution in [3.05, 3.63) is 59.1 Å². The van der Waals surface area contributed by atoms with Gasteiger partial charge < -0.3 is 0 Å². The van der Waals surface area contributed by atoms with Gasteiger partial charge in [0.1, 0.15) is 12.4 Å². The van der Waals surface area contributed by atoms with Crippen LogP contribution in [0.5, 0.6) is 0 Å². The third kappa shape index (κ3) is 3.84. The minimum atomic E-state index is -0.456. The molecule has 118 valence electrons. The predicted molar refractivity (Wildman–Crippen MR) is 88.8 cm³/mol. The number of anilines is 1. The van der Waals surface area contributed by atoms with E-state index in [4.69, 9.17) is 0 Å². The summed E-state index contributed by atoms with van der Waals surface area (Å²) in [7, 11) is 0. The smallest absolute Gasteiger partial charge is 0.251 e. The molecule has 2 heterocycles.